The van der Waals surface area contributed by atoms with Crippen LogP contribution in [-0.2, 0) is 34.0 Å². The van der Waals surface area contributed by atoms with Gasteiger partial charge in [-0.05, 0) is 12.0 Å². The van der Waals surface area contributed by atoms with Crippen LogP contribution < -0.4 is 5.32 Å². The zero-order chi connectivity index (χ0) is 15.9. The van der Waals surface area contributed by atoms with Gasteiger partial charge in [0.15, 0.2) is 5.82 Å². The highest BCUT2D eigenvalue weighted by molar-refractivity contribution is 5.68. The zero-order valence-corrected chi connectivity index (χ0v) is 13.0. The van der Waals surface area contributed by atoms with E-state index in [1.54, 1.807) is 0 Å². The normalized spacial score (nSPS) is 17.3. The largest absolute Gasteiger partial charge is 0.381 e. The molecule has 1 fully saturated rings. The number of amides is 1. The summed E-state index contributed by atoms with van der Waals surface area (Å²) >= 11 is 0. The Balaban J connectivity index is 1.62. The summed E-state index contributed by atoms with van der Waals surface area (Å²) in [4.78, 5) is 10.6. The Morgan fingerprint density at radius 2 is 2.22 bits per heavy atom. The Hall–Kier alpha value is -2.18. The number of benzene rings is 1. The molecule has 0 spiro atoms. The number of carbonyl (C=O) groups excluding carboxylic acids is 1. The van der Waals surface area contributed by atoms with Crippen molar-refractivity contribution in [1.82, 2.24) is 9.78 Å². The van der Waals surface area contributed by atoms with Crippen LogP contribution in [0.1, 0.15) is 17.7 Å². The van der Waals surface area contributed by atoms with Crippen LogP contribution in [0.3, 0.4) is 0 Å². The molecular weight excluding hydrogens is 294 g/mol. The first kappa shape index (κ1) is 15.7. The molecule has 2 aromatic rings. The predicted molar refractivity (Wildman–Crippen MR) is 85.8 cm³/mol. The highest BCUT2D eigenvalue weighted by atomic mass is 16.5. The van der Waals surface area contributed by atoms with Gasteiger partial charge in [-0.25, -0.2) is 0 Å². The van der Waals surface area contributed by atoms with Gasteiger partial charge in [-0.2, -0.15) is 5.10 Å². The van der Waals surface area contributed by atoms with Crippen molar-refractivity contribution < 1.29 is 14.3 Å². The average Bonchev–Trinajstić information content (AvgIpc) is 3.20. The minimum absolute atomic E-state index is 0.454. The molecule has 0 radical (unpaired) electrons. The lowest BCUT2D eigenvalue weighted by atomic mass is 10.1. The number of carbonyl (C=O) groups is 1. The van der Waals surface area contributed by atoms with Crippen molar-refractivity contribution in [3.8, 4) is 0 Å². The molecule has 1 aliphatic heterocycles. The molecule has 0 saturated carbocycles. The highest BCUT2D eigenvalue weighted by Gasteiger charge is 2.18. The number of hydrogen-bond acceptors (Lipinski definition) is 4. The van der Waals surface area contributed by atoms with Gasteiger partial charge in [-0.15, -0.1) is 0 Å². The fraction of sp³-hybridized carbons (Fsp3) is 0.412. The SMILES string of the molecule is O=CNc1cc(COCc2ccccc2)n(CC2CCOC2)n1. The van der Waals surface area contributed by atoms with Crippen molar-refractivity contribution in [2.45, 2.75) is 26.2 Å². The Bertz CT molecular complexity index is 621. The Morgan fingerprint density at radius 1 is 1.35 bits per heavy atom. The van der Waals surface area contributed by atoms with Gasteiger partial charge in [0.2, 0.25) is 6.41 Å². The quantitative estimate of drug-likeness (QED) is 0.759. The van der Waals surface area contributed by atoms with Gasteiger partial charge >= 0.3 is 0 Å². The third-order valence-corrected chi connectivity index (χ3v) is 3.89. The van der Waals surface area contributed by atoms with Crippen molar-refractivity contribution >= 4 is 12.2 Å². The molecule has 1 unspecified atom stereocenters. The maximum Gasteiger partial charge on any atom is 0.212 e. The average molecular weight is 315 g/mol. The molecule has 1 aromatic carbocycles. The van der Waals surface area contributed by atoms with E-state index in [4.69, 9.17) is 9.47 Å². The number of rotatable bonds is 8. The first-order valence-electron chi connectivity index (χ1n) is 7.81. The van der Waals surface area contributed by atoms with Crippen LogP contribution >= 0.6 is 0 Å². The van der Waals surface area contributed by atoms with E-state index in [2.05, 4.69) is 10.4 Å². The molecule has 1 aliphatic rings. The second kappa shape index (κ2) is 7.89. The molecule has 1 atom stereocenters. The van der Waals surface area contributed by atoms with Gasteiger partial charge in [-0.3, -0.25) is 9.48 Å². The summed E-state index contributed by atoms with van der Waals surface area (Å²) in [6.07, 6.45) is 1.68. The number of aromatic nitrogens is 2. The minimum Gasteiger partial charge on any atom is -0.381 e. The molecule has 1 aromatic heterocycles. The van der Waals surface area contributed by atoms with Crippen molar-refractivity contribution in [2.75, 3.05) is 18.5 Å². The van der Waals surface area contributed by atoms with E-state index < -0.39 is 0 Å². The van der Waals surface area contributed by atoms with Crippen LogP contribution in [0.2, 0.25) is 0 Å². The van der Waals surface area contributed by atoms with Crippen LogP contribution in [0.25, 0.3) is 0 Å². The summed E-state index contributed by atoms with van der Waals surface area (Å²) in [5, 5.41) is 7.03. The van der Waals surface area contributed by atoms with E-state index in [-0.39, 0.29) is 0 Å². The van der Waals surface area contributed by atoms with E-state index in [9.17, 15) is 4.79 Å². The second-order valence-corrected chi connectivity index (χ2v) is 5.67. The van der Waals surface area contributed by atoms with Crippen molar-refractivity contribution in [3.63, 3.8) is 0 Å². The molecular formula is C17H21N3O3. The Labute approximate surface area is 135 Å². The topological polar surface area (TPSA) is 65.4 Å². The summed E-state index contributed by atoms with van der Waals surface area (Å²) in [5.74, 6) is 1.02. The molecule has 3 rings (SSSR count). The molecule has 1 saturated heterocycles. The third-order valence-electron chi connectivity index (χ3n) is 3.89. The lowest BCUT2D eigenvalue weighted by Crippen LogP contribution is -2.15. The smallest absolute Gasteiger partial charge is 0.212 e. The monoisotopic (exact) mass is 315 g/mol. The maximum atomic E-state index is 10.6. The summed E-state index contributed by atoms with van der Waals surface area (Å²) in [7, 11) is 0. The highest BCUT2D eigenvalue weighted by Crippen LogP contribution is 2.18. The number of hydrogen-bond donors (Lipinski definition) is 1. The Morgan fingerprint density at radius 3 is 2.96 bits per heavy atom. The van der Waals surface area contributed by atoms with Crippen molar-refractivity contribution in [3.05, 3.63) is 47.7 Å². The molecule has 1 N–H and O–H groups in total. The number of ether oxygens (including phenoxy) is 2. The molecule has 0 aliphatic carbocycles. The molecule has 6 nitrogen and oxygen atoms in total. The molecule has 6 heteroatoms. The van der Waals surface area contributed by atoms with E-state index in [1.807, 2.05) is 41.1 Å². The van der Waals surface area contributed by atoms with Crippen LogP contribution in [-0.4, -0.2) is 29.4 Å². The summed E-state index contributed by atoms with van der Waals surface area (Å²) in [5.41, 5.74) is 2.09. The standard InChI is InChI=1S/C17H21N3O3/c21-13-18-17-8-16(12-23-10-14-4-2-1-3-5-14)20(19-17)9-15-6-7-22-11-15/h1-5,8,13,15H,6-7,9-12H2,(H,18,19,21). The van der Waals surface area contributed by atoms with Gasteiger partial charge in [0.25, 0.3) is 0 Å². The van der Waals surface area contributed by atoms with Gasteiger partial charge in [0.05, 0.1) is 25.5 Å². The third kappa shape index (κ3) is 4.40. The van der Waals surface area contributed by atoms with Gasteiger partial charge in [0, 0.05) is 25.1 Å². The van der Waals surface area contributed by atoms with Crippen LogP contribution in [0.4, 0.5) is 5.82 Å². The molecule has 1 amide bonds. The maximum absolute atomic E-state index is 10.6. The lowest BCUT2D eigenvalue weighted by molar-refractivity contribution is -0.105. The van der Waals surface area contributed by atoms with E-state index in [1.165, 1.54) is 0 Å². The number of anilines is 1. The number of nitrogens with one attached hydrogen (secondary N) is 1. The van der Waals surface area contributed by atoms with Gasteiger partial charge < -0.3 is 14.8 Å². The zero-order valence-electron chi connectivity index (χ0n) is 13.0. The van der Waals surface area contributed by atoms with Gasteiger partial charge in [-0.1, -0.05) is 30.3 Å². The van der Waals surface area contributed by atoms with Crippen molar-refractivity contribution in [2.24, 2.45) is 5.92 Å². The van der Waals surface area contributed by atoms with Gasteiger partial charge in [0.1, 0.15) is 0 Å². The molecule has 23 heavy (non-hydrogen) atoms. The first-order chi connectivity index (χ1) is 11.3. The second-order valence-electron chi connectivity index (χ2n) is 5.67. The molecule has 2 heterocycles. The van der Waals surface area contributed by atoms with Crippen LogP contribution in [0.5, 0.6) is 0 Å². The van der Waals surface area contributed by atoms with Crippen LogP contribution in [0, 0.1) is 5.92 Å². The fourth-order valence-electron chi connectivity index (χ4n) is 2.68. The van der Waals surface area contributed by atoms with Crippen LogP contribution in [0.15, 0.2) is 36.4 Å². The lowest BCUT2D eigenvalue weighted by Gasteiger charge is -2.11. The Kier molecular flexibility index (Phi) is 5.39. The fourth-order valence-corrected chi connectivity index (χ4v) is 2.68. The summed E-state index contributed by atoms with van der Waals surface area (Å²) < 4.78 is 13.1. The predicted octanol–water partition coefficient (Wildman–Crippen LogP) is 2.20. The van der Waals surface area contributed by atoms with E-state index in [0.29, 0.717) is 31.4 Å². The molecule has 0 bridgehead atoms. The van der Waals surface area contributed by atoms with Crippen molar-refractivity contribution in [1.29, 1.82) is 0 Å². The van der Waals surface area contributed by atoms with E-state index >= 15 is 0 Å². The number of nitrogens with zero attached hydrogens (tertiary/aromatic N) is 2. The first-order valence-corrected chi connectivity index (χ1v) is 7.81. The molecule has 122 valence electrons. The van der Waals surface area contributed by atoms with E-state index in [0.717, 1.165) is 37.4 Å². The summed E-state index contributed by atoms with van der Waals surface area (Å²) in [6, 6.07) is 11.9. The summed E-state index contributed by atoms with van der Waals surface area (Å²) in [6.45, 7) is 3.36. The minimum atomic E-state index is 0.454.